The summed E-state index contributed by atoms with van der Waals surface area (Å²) in [6.07, 6.45) is 6.84. The molecule has 4 heterocycles. The quantitative estimate of drug-likeness (QED) is 0.101. The smallest absolute Gasteiger partial charge is 0.255 e. The monoisotopic (exact) mass is 545 g/mol. The van der Waals surface area contributed by atoms with E-state index in [9.17, 15) is 4.79 Å². The molecule has 1 aromatic carbocycles. The number of aromatic amines is 1. The predicted molar refractivity (Wildman–Crippen MR) is 156 cm³/mol. The Balaban J connectivity index is 1.32. The van der Waals surface area contributed by atoms with Crippen molar-refractivity contribution in [3.8, 4) is 0 Å². The van der Waals surface area contributed by atoms with Crippen LogP contribution in [0.25, 0.3) is 11.0 Å². The maximum absolute atomic E-state index is 12.8. The maximum atomic E-state index is 12.8. The number of carbonyl (C=O) groups excluding carboxylic acids is 1. The lowest BCUT2D eigenvalue weighted by atomic mass is 10.1. The minimum Gasteiger partial charge on any atom is -0.352 e. The van der Waals surface area contributed by atoms with Crippen LogP contribution < -0.4 is 15.5 Å². The molecular formula is C27H31N9O2S. The summed E-state index contributed by atoms with van der Waals surface area (Å²) in [5, 5.41) is 11.7. The normalized spacial score (nSPS) is 15.9. The predicted octanol–water partition coefficient (Wildman–Crippen LogP) is 4.49. The molecule has 0 spiro atoms. The van der Waals surface area contributed by atoms with Gasteiger partial charge in [0, 0.05) is 67.0 Å². The van der Waals surface area contributed by atoms with Crippen LogP contribution >= 0.6 is 12.0 Å². The summed E-state index contributed by atoms with van der Waals surface area (Å²) >= 11 is 1.27. The van der Waals surface area contributed by atoms with Crippen LogP contribution in [0.2, 0.25) is 0 Å². The number of nitrogens with zero attached hydrogens (tertiary/aromatic N) is 6. The highest BCUT2D eigenvalue weighted by atomic mass is 32.2. The Labute approximate surface area is 231 Å². The molecule has 1 fully saturated rings. The molecule has 4 aromatic rings. The first kappa shape index (κ1) is 26.3. The van der Waals surface area contributed by atoms with Gasteiger partial charge >= 0.3 is 0 Å². The van der Waals surface area contributed by atoms with Crippen LogP contribution in [0, 0.1) is 6.92 Å². The highest BCUT2D eigenvalue weighted by Gasteiger charge is 2.29. The summed E-state index contributed by atoms with van der Waals surface area (Å²) in [5.41, 5.74) is 3.90. The number of amides is 1. The summed E-state index contributed by atoms with van der Waals surface area (Å²) in [4.78, 5) is 33.5. The summed E-state index contributed by atoms with van der Waals surface area (Å²) < 4.78 is 5.53. The molecule has 3 N–H and O–H groups in total. The number of oxime groups is 1. The van der Waals surface area contributed by atoms with Gasteiger partial charge in [-0.15, -0.1) is 0 Å². The van der Waals surface area contributed by atoms with Crippen LogP contribution in [0.15, 0.2) is 66.5 Å². The second kappa shape index (κ2) is 12.0. The van der Waals surface area contributed by atoms with Crippen molar-refractivity contribution in [3.63, 3.8) is 0 Å². The molecule has 202 valence electrons. The molecule has 12 heteroatoms. The second-order valence-corrected chi connectivity index (χ2v) is 10.1. The zero-order chi connectivity index (χ0) is 27.2. The highest BCUT2D eigenvalue weighted by molar-refractivity contribution is 7.94. The number of rotatable bonds is 7. The van der Waals surface area contributed by atoms with E-state index in [0.717, 1.165) is 46.9 Å². The summed E-state index contributed by atoms with van der Waals surface area (Å²) in [6.45, 7) is 8.41. The molecule has 5 rings (SSSR count). The lowest BCUT2D eigenvalue weighted by Gasteiger charge is -2.41. The number of anilines is 3. The van der Waals surface area contributed by atoms with E-state index in [-0.39, 0.29) is 11.9 Å². The van der Waals surface area contributed by atoms with Crippen molar-refractivity contribution >= 4 is 52.1 Å². The van der Waals surface area contributed by atoms with E-state index in [1.54, 1.807) is 43.0 Å². The number of H-pyrrole nitrogens is 1. The Morgan fingerprint density at radius 2 is 2.03 bits per heavy atom. The lowest BCUT2D eigenvalue weighted by molar-refractivity contribution is 0.102. The molecule has 1 saturated heterocycles. The molecule has 0 bridgehead atoms. The molecule has 0 saturated carbocycles. The Hall–Kier alpha value is -4.32. The first-order valence-electron chi connectivity index (χ1n) is 12.8. The molecule has 0 unspecified atom stereocenters. The van der Waals surface area contributed by atoms with Crippen LogP contribution in [0.3, 0.4) is 0 Å². The van der Waals surface area contributed by atoms with E-state index in [0.29, 0.717) is 23.8 Å². The summed E-state index contributed by atoms with van der Waals surface area (Å²) in [7, 11) is 0. The van der Waals surface area contributed by atoms with Crippen molar-refractivity contribution < 1.29 is 9.08 Å². The number of carbonyl (C=O) groups is 1. The number of hydrogen-bond acceptors (Lipinski definition) is 8. The highest BCUT2D eigenvalue weighted by Crippen LogP contribution is 2.28. The molecule has 3 aromatic heterocycles. The Morgan fingerprint density at radius 1 is 1.18 bits per heavy atom. The van der Waals surface area contributed by atoms with Gasteiger partial charge in [0.25, 0.3) is 5.91 Å². The molecule has 39 heavy (non-hydrogen) atoms. The second-order valence-electron chi connectivity index (χ2n) is 9.17. The molecule has 1 aliphatic heterocycles. The number of guanidine groups is 1. The zero-order valence-electron chi connectivity index (χ0n) is 22.1. The third kappa shape index (κ3) is 6.06. The van der Waals surface area contributed by atoms with Crippen LogP contribution in [0.1, 0.15) is 29.8 Å². The van der Waals surface area contributed by atoms with Crippen molar-refractivity contribution in [1.29, 1.82) is 0 Å². The van der Waals surface area contributed by atoms with Gasteiger partial charge in [-0.05, 0) is 54.9 Å². The van der Waals surface area contributed by atoms with E-state index < -0.39 is 0 Å². The van der Waals surface area contributed by atoms with Crippen molar-refractivity contribution in [3.05, 3.63) is 72.4 Å². The first-order chi connectivity index (χ1) is 19.0. The number of pyridine rings is 1. The van der Waals surface area contributed by atoms with Crippen LogP contribution in [0.4, 0.5) is 17.2 Å². The minimum atomic E-state index is -0.209. The third-order valence-electron chi connectivity index (χ3n) is 6.46. The number of piperazine rings is 1. The largest absolute Gasteiger partial charge is 0.352 e. The Bertz CT molecular complexity index is 1460. The van der Waals surface area contributed by atoms with Crippen LogP contribution in [-0.2, 0) is 4.28 Å². The fourth-order valence-electron chi connectivity index (χ4n) is 4.57. The lowest BCUT2D eigenvalue weighted by Crippen LogP contribution is -2.56. The number of aromatic nitrogens is 4. The van der Waals surface area contributed by atoms with Gasteiger partial charge in [-0.3, -0.25) is 9.78 Å². The number of aryl methyl sites for hydroxylation is 1. The van der Waals surface area contributed by atoms with E-state index >= 15 is 0 Å². The molecule has 1 amide bonds. The maximum Gasteiger partial charge on any atom is 0.255 e. The van der Waals surface area contributed by atoms with Gasteiger partial charge < -0.3 is 29.7 Å². The van der Waals surface area contributed by atoms with E-state index in [2.05, 4.69) is 59.4 Å². The van der Waals surface area contributed by atoms with Crippen LogP contribution in [-0.4, -0.2) is 68.1 Å². The minimum absolute atomic E-state index is 0.0997. The molecule has 0 radical (unpaired) electrons. The van der Waals surface area contributed by atoms with Crippen molar-refractivity contribution in [2.45, 2.75) is 26.8 Å². The fourth-order valence-corrected chi connectivity index (χ4v) is 4.80. The van der Waals surface area contributed by atoms with E-state index in [1.807, 2.05) is 25.3 Å². The standard InChI is InChI=1S/C27H31N9O2S/c1-4-39-38-34-27(33-22-7-5-6-20(14-22)26(37)32-21-8-10-28-11-9-21)36-13-12-35(16-19(36)3)25-23-18(2)15-29-24(23)30-17-31-25/h5-11,14-15,17,19H,4,12-13,16H2,1-3H3,(H,33,34)(H,28,32,37)(H,29,30,31)/t19-/m0/s1. The molecule has 0 aliphatic carbocycles. The van der Waals surface area contributed by atoms with E-state index in [4.69, 9.17) is 4.28 Å². The van der Waals surface area contributed by atoms with Gasteiger partial charge in [-0.1, -0.05) is 13.0 Å². The molecule has 11 nitrogen and oxygen atoms in total. The average molecular weight is 546 g/mol. The van der Waals surface area contributed by atoms with Gasteiger partial charge in [0.2, 0.25) is 5.96 Å². The van der Waals surface area contributed by atoms with Crippen molar-refractivity contribution in [2.24, 2.45) is 5.16 Å². The summed E-state index contributed by atoms with van der Waals surface area (Å²) in [6, 6.07) is 10.9. The Morgan fingerprint density at radius 3 is 2.82 bits per heavy atom. The van der Waals surface area contributed by atoms with Gasteiger partial charge in [0.15, 0.2) is 0 Å². The number of benzene rings is 1. The van der Waals surface area contributed by atoms with Crippen molar-refractivity contribution in [1.82, 2.24) is 24.8 Å². The van der Waals surface area contributed by atoms with E-state index in [1.165, 1.54) is 12.0 Å². The molecule has 1 aliphatic rings. The number of nitrogens with one attached hydrogen (secondary N) is 3. The van der Waals surface area contributed by atoms with Crippen LogP contribution in [0.5, 0.6) is 0 Å². The van der Waals surface area contributed by atoms with Gasteiger partial charge in [-0.2, -0.15) is 0 Å². The third-order valence-corrected chi connectivity index (χ3v) is 6.88. The number of fused-ring (bicyclic) bond motifs is 1. The van der Waals surface area contributed by atoms with Gasteiger partial charge in [0.05, 0.1) is 17.4 Å². The topological polar surface area (TPSA) is 124 Å². The van der Waals surface area contributed by atoms with Gasteiger partial charge in [-0.25, -0.2) is 9.97 Å². The average Bonchev–Trinajstić information content (AvgIpc) is 3.34. The Kier molecular flexibility index (Phi) is 8.11. The van der Waals surface area contributed by atoms with Gasteiger partial charge in [0.1, 0.15) is 17.8 Å². The SMILES string of the molecule is CCSON=C(Nc1cccc(C(=O)Nc2ccncc2)c1)N1CCN(c2ncnc3[nH]cc(C)c23)C[C@@H]1C. The number of hydrogen-bond donors (Lipinski definition) is 3. The zero-order valence-corrected chi connectivity index (χ0v) is 22.9. The first-order valence-corrected chi connectivity index (χ1v) is 13.7. The summed E-state index contributed by atoms with van der Waals surface area (Å²) in [5.74, 6) is 2.08. The molecule has 1 atom stereocenters. The molecular weight excluding hydrogens is 514 g/mol. The fraction of sp³-hybridized carbons (Fsp3) is 0.296. The van der Waals surface area contributed by atoms with Crippen molar-refractivity contribution in [2.75, 3.05) is 40.9 Å².